The lowest BCUT2D eigenvalue weighted by atomic mass is 9.79. The predicted molar refractivity (Wildman–Crippen MR) is 139 cm³/mol. The Labute approximate surface area is 243 Å². The second-order valence-corrected chi connectivity index (χ2v) is 12.3. The van der Waals surface area contributed by atoms with Crippen LogP contribution in [-0.2, 0) is 55.8 Å². The molecule has 1 fully saturated rings. The fourth-order valence-electron chi connectivity index (χ4n) is 3.51. The maximum absolute atomic E-state index is 12.3. The lowest BCUT2D eigenvalue weighted by Gasteiger charge is -2.41. The number of ether oxygens (including phenoxy) is 4. The van der Waals surface area contributed by atoms with Gasteiger partial charge in [-0.05, 0) is 12.5 Å². The molecule has 0 saturated carbocycles. The van der Waals surface area contributed by atoms with Crippen LogP contribution in [0.2, 0.25) is 0 Å². The van der Waals surface area contributed by atoms with Gasteiger partial charge < -0.3 is 49.0 Å². The fraction of sp³-hybridized carbons (Fsp3) is 0.857. The van der Waals surface area contributed by atoms with Crippen molar-refractivity contribution >= 4 is 21.6 Å². The Morgan fingerprint density at radius 1 is 1.07 bits per heavy atom. The number of aliphatic hydroxyl groups is 3. The molecule has 0 aromatic carbocycles. The van der Waals surface area contributed by atoms with Crippen LogP contribution in [0.1, 0.15) is 20.8 Å². The molecular formula is C21H42N2O17P2. The van der Waals surface area contributed by atoms with E-state index < -0.39 is 83.7 Å². The zero-order valence-corrected chi connectivity index (χ0v) is 25.7. The van der Waals surface area contributed by atoms with Gasteiger partial charge in [-0.3, -0.25) is 28.1 Å². The summed E-state index contributed by atoms with van der Waals surface area (Å²) >= 11 is 0. The molecule has 1 heterocycles. The zero-order valence-electron chi connectivity index (χ0n) is 23.9. The number of phosphoric ester groups is 2. The molecule has 0 aliphatic carbocycles. The Kier molecular flexibility index (Phi) is 16.5. The van der Waals surface area contributed by atoms with Gasteiger partial charge in [-0.15, -0.1) is 0 Å². The monoisotopic (exact) mass is 656 g/mol. The van der Waals surface area contributed by atoms with Gasteiger partial charge >= 0.3 is 15.6 Å². The van der Waals surface area contributed by atoms with Gasteiger partial charge in [-0.1, -0.05) is 13.8 Å². The summed E-state index contributed by atoms with van der Waals surface area (Å²) in [6, 6.07) is -1.27. The number of phosphoric acid groups is 2. The van der Waals surface area contributed by atoms with Crippen LogP contribution < -0.4 is 10.8 Å². The van der Waals surface area contributed by atoms with Crippen molar-refractivity contribution in [2.75, 3.05) is 54.2 Å². The number of methoxy groups -OCH3 is 1. The number of hydrogen-bond donors (Lipinski definition) is 7. The Morgan fingerprint density at radius 3 is 2.29 bits per heavy atom. The molecule has 0 aromatic heterocycles. The number of nitrogens with one attached hydrogen (secondary N) is 2. The van der Waals surface area contributed by atoms with Crippen molar-refractivity contribution in [3.05, 3.63) is 12.5 Å². The number of carbonyl (C=O) groups is 1. The Bertz CT molecular complexity index is 942. The summed E-state index contributed by atoms with van der Waals surface area (Å²) < 4.78 is 63.6. The Morgan fingerprint density at radius 2 is 1.74 bits per heavy atom. The topological polar surface area (TPSA) is 259 Å². The summed E-state index contributed by atoms with van der Waals surface area (Å²) in [5.74, 6) is -1.34. The zero-order chi connectivity index (χ0) is 32.1. The Hall–Kier alpha value is -1.25. The van der Waals surface area contributed by atoms with Crippen LogP contribution in [0, 0.1) is 11.3 Å². The van der Waals surface area contributed by atoms with Crippen LogP contribution in [0.25, 0.3) is 0 Å². The predicted octanol–water partition coefficient (Wildman–Crippen LogP) is -0.943. The van der Waals surface area contributed by atoms with Gasteiger partial charge in [-0.25, -0.2) is 9.13 Å². The van der Waals surface area contributed by atoms with Gasteiger partial charge in [0.15, 0.2) is 6.79 Å². The van der Waals surface area contributed by atoms with Gasteiger partial charge in [0.1, 0.15) is 37.7 Å². The maximum atomic E-state index is 12.3. The number of carbonyl (C=O) groups excluding carboxylic acids is 1. The van der Waals surface area contributed by atoms with Gasteiger partial charge in [0.2, 0.25) is 12.2 Å². The first-order valence-electron chi connectivity index (χ1n) is 12.4. The van der Waals surface area contributed by atoms with Gasteiger partial charge in [0, 0.05) is 21.1 Å². The third kappa shape index (κ3) is 12.8. The molecule has 0 bridgehead atoms. The van der Waals surface area contributed by atoms with Crippen molar-refractivity contribution < 1.29 is 80.9 Å². The normalized spacial score (nSPS) is 27.0. The summed E-state index contributed by atoms with van der Waals surface area (Å²) in [5.41, 5.74) is 1.26. The highest BCUT2D eigenvalue weighted by molar-refractivity contribution is 7.47. The molecular weight excluding hydrogens is 614 g/mol. The first-order chi connectivity index (χ1) is 19.5. The molecule has 21 heteroatoms. The van der Waals surface area contributed by atoms with Crippen LogP contribution >= 0.6 is 15.6 Å². The number of amides is 1. The quantitative estimate of drug-likeness (QED) is 0.0258. The molecule has 8 atom stereocenters. The molecule has 42 heavy (non-hydrogen) atoms. The molecule has 0 spiro atoms. The van der Waals surface area contributed by atoms with E-state index in [0.29, 0.717) is 0 Å². The van der Waals surface area contributed by atoms with Crippen molar-refractivity contribution in [2.45, 2.75) is 51.4 Å². The molecule has 248 valence electrons. The largest absolute Gasteiger partial charge is 0.531 e. The Balaban J connectivity index is 2.65. The number of rotatable bonds is 21. The third-order valence-corrected chi connectivity index (χ3v) is 7.83. The third-order valence-electron chi connectivity index (χ3n) is 6.05. The van der Waals surface area contributed by atoms with E-state index in [-0.39, 0.29) is 25.7 Å². The van der Waals surface area contributed by atoms with Crippen LogP contribution in [0.3, 0.4) is 0 Å². The van der Waals surface area contributed by atoms with Gasteiger partial charge in [0.25, 0.3) is 5.95 Å². The van der Waals surface area contributed by atoms with Crippen molar-refractivity contribution in [3.8, 4) is 0 Å². The van der Waals surface area contributed by atoms with Gasteiger partial charge in [0.05, 0.1) is 25.2 Å². The molecule has 1 saturated heterocycles. The highest BCUT2D eigenvalue weighted by Crippen LogP contribution is 2.45. The summed E-state index contributed by atoms with van der Waals surface area (Å²) in [7, 11) is -6.65. The molecule has 8 unspecified atom stereocenters. The molecule has 1 aliphatic rings. The average molecular weight is 657 g/mol. The van der Waals surface area contributed by atoms with Crippen molar-refractivity contribution in [3.63, 3.8) is 0 Å². The number of aliphatic hydroxyl groups excluding tert-OH is 3. The first-order valence-corrected chi connectivity index (χ1v) is 15.4. The second kappa shape index (κ2) is 17.9. The average Bonchev–Trinajstić information content (AvgIpc) is 2.90. The van der Waals surface area contributed by atoms with E-state index in [4.69, 9.17) is 32.8 Å². The van der Waals surface area contributed by atoms with Crippen LogP contribution in [0.4, 0.5) is 0 Å². The van der Waals surface area contributed by atoms with E-state index in [2.05, 4.69) is 26.4 Å². The van der Waals surface area contributed by atoms with Crippen LogP contribution in [-0.4, -0.2) is 116 Å². The van der Waals surface area contributed by atoms with E-state index in [1.165, 1.54) is 7.11 Å². The molecule has 7 N–H and O–H groups in total. The molecule has 1 rings (SSSR count). The maximum Gasteiger partial charge on any atom is 0.531 e. The van der Waals surface area contributed by atoms with Crippen molar-refractivity contribution in [1.29, 1.82) is 0 Å². The van der Waals surface area contributed by atoms with E-state index in [9.17, 15) is 39.0 Å². The highest BCUT2D eigenvalue weighted by Gasteiger charge is 2.45. The van der Waals surface area contributed by atoms with E-state index >= 15 is 0 Å². The smallest absolute Gasteiger partial charge is 0.465 e. The van der Waals surface area contributed by atoms with E-state index in [0.717, 1.165) is 14.0 Å². The fourth-order valence-corrected chi connectivity index (χ4v) is 4.41. The van der Waals surface area contributed by atoms with E-state index in [1.807, 2.05) is 13.8 Å². The molecule has 1 aliphatic heterocycles. The molecule has 0 radical (unpaired) electrons. The lowest BCUT2D eigenvalue weighted by Crippen LogP contribution is -2.65. The summed E-state index contributed by atoms with van der Waals surface area (Å²) in [6.07, 6.45) is -5.80. The molecule has 1 amide bonds. The van der Waals surface area contributed by atoms with Crippen molar-refractivity contribution in [1.82, 2.24) is 10.8 Å². The summed E-state index contributed by atoms with van der Waals surface area (Å²) in [4.78, 5) is 35.9. The minimum absolute atomic E-state index is 0.0825. The lowest BCUT2D eigenvalue weighted by molar-refractivity contribution is -0.290. The van der Waals surface area contributed by atoms with E-state index in [1.54, 1.807) is 0 Å². The highest BCUT2D eigenvalue weighted by atomic mass is 31.2. The molecule has 19 nitrogen and oxygen atoms in total. The minimum Gasteiger partial charge on any atom is -0.465 e. The number of hydroxylamine groups is 1. The second-order valence-electron chi connectivity index (χ2n) is 9.39. The number of hydrogen-bond acceptors (Lipinski definition) is 16. The van der Waals surface area contributed by atoms with Crippen LogP contribution in [0.5, 0.6) is 0 Å². The summed E-state index contributed by atoms with van der Waals surface area (Å²) in [5, 5.41) is 31.9. The molecule has 0 aromatic rings. The van der Waals surface area contributed by atoms with Crippen molar-refractivity contribution in [2.24, 2.45) is 11.3 Å². The summed E-state index contributed by atoms with van der Waals surface area (Å²) in [6.45, 7) is 6.00. The van der Waals surface area contributed by atoms with Gasteiger partial charge in [-0.2, -0.15) is 5.48 Å². The minimum atomic E-state index is -4.83. The standard InChI is InChI=1S/C21H42N2O17P2/c1-13(2)21(8-32-5,9-34-12-37-41(28,29)33-6)10-35-15(4)40-42(30,31)36-11-22-39-20-17(23-14(3)25)19(27)18(26)16(7-24)38-20/h13,16-20,22,24,26-27H,4,7-12H2,1-3,5-6H3,(H,23,25)(H,28,29)(H,30,31). The first kappa shape index (κ1) is 38.8. The van der Waals surface area contributed by atoms with Crippen LogP contribution in [0.15, 0.2) is 12.5 Å². The SMILES string of the molecule is C=C(OCC(COC)(COCOP(=O)(O)OC)C(C)C)OP(=O)(O)OCNOC1OC(CO)C(O)C(O)C1NC(C)=O.